The zero-order chi connectivity index (χ0) is 12.3. The number of nitrogen functional groups attached to an aromatic ring is 1. The highest BCUT2D eigenvalue weighted by atomic mass is 35.5. The van der Waals surface area contributed by atoms with Gasteiger partial charge in [-0.1, -0.05) is 18.2 Å². The van der Waals surface area contributed by atoms with Gasteiger partial charge in [-0.2, -0.15) is 0 Å². The number of carbonyl (C=O) groups is 1. The Balaban J connectivity index is 0.00000162. The van der Waals surface area contributed by atoms with E-state index in [-0.39, 0.29) is 18.3 Å². The van der Waals surface area contributed by atoms with E-state index in [9.17, 15) is 4.79 Å². The summed E-state index contributed by atoms with van der Waals surface area (Å²) in [6.07, 6.45) is 4.88. The molecule has 1 amide bonds. The molecule has 1 fully saturated rings. The second-order valence-corrected chi connectivity index (χ2v) is 4.79. The molecule has 4 heteroatoms. The van der Waals surface area contributed by atoms with E-state index in [0.717, 1.165) is 30.5 Å². The summed E-state index contributed by atoms with van der Waals surface area (Å²) in [6.45, 7) is 0. The maximum Gasteiger partial charge on any atom is 0.222 e. The lowest BCUT2D eigenvalue weighted by Gasteiger charge is -2.34. The number of nitrogens with two attached hydrogens (primary N) is 1. The molecule has 0 atom stereocenters. The van der Waals surface area contributed by atoms with Crippen LogP contribution in [-0.2, 0) is 11.2 Å². The van der Waals surface area contributed by atoms with E-state index in [4.69, 9.17) is 5.73 Å². The van der Waals surface area contributed by atoms with Crippen LogP contribution in [0.1, 0.15) is 31.2 Å². The summed E-state index contributed by atoms with van der Waals surface area (Å²) in [7, 11) is 1.92. The molecule has 0 aromatic heterocycles. The third-order valence-electron chi connectivity index (χ3n) is 3.68. The van der Waals surface area contributed by atoms with Gasteiger partial charge in [-0.25, -0.2) is 0 Å². The first-order valence-corrected chi connectivity index (χ1v) is 6.27. The Morgan fingerprint density at radius 2 is 2.06 bits per heavy atom. The van der Waals surface area contributed by atoms with E-state index in [2.05, 4.69) is 0 Å². The molecule has 100 valence electrons. The molecule has 0 spiro atoms. The van der Waals surface area contributed by atoms with Crippen molar-refractivity contribution in [1.82, 2.24) is 4.90 Å². The van der Waals surface area contributed by atoms with E-state index in [1.54, 1.807) is 0 Å². The largest absolute Gasteiger partial charge is 0.399 e. The second-order valence-electron chi connectivity index (χ2n) is 4.79. The van der Waals surface area contributed by atoms with E-state index >= 15 is 0 Å². The molecule has 1 aromatic rings. The lowest BCUT2D eigenvalue weighted by molar-refractivity contribution is -0.133. The number of hydrogen-bond donors (Lipinski definition) is 1. The Morgan fingerprint density at radius 3 is 2.61 bits per heavy atom. The maximum absolute atomic E-state index is 11.9. The first kappa shape index (κ1) is 14.8. The number of aryl methyl sites for hydroxylation is 1. The minimum Gasteiger partial charge on any atom is -0.399 e. The van der Waals surface area contributed by atoms with E-state index in [1.807, 2.05) is 36.2 Å². The summed E-state index contributed by atoms with van der Waals surface area (Å²) >= 11 is 0. The fourth-order valence-corrected chi connectivity index (χ4v) is 2.16. The molecule has 0 aliphatic heterocycles. The molecule has 1 aliphatic rings. The number of benzene rings is 1. The van der Waals surface area contributed by atoms with Crippen molar-refractivity contribution in [3.05, 3.63) is 29.8 Å². The van der Waals surface area contributed by atoms with Crippen molar-refractivity contribution < 1.29 is 4.79 Å². The molecular formula is C14H21ClN2O. The fourth-order valence-electron chi connectivity index (χ4n) is 2.16. The van der Waals surface area contributed by atoms with Crippen molar-refractivity contribution in [2.75, 3.05) is 12.8 Å². The van der Waals surface area contributed by atoms with Crippen molar-refractivity contribution in [1.29, 1.82) is 0 Å². The average Bonchev–Trinajstić information content (AvgIpc) is 2.25. The van der Waals surface area contributed by atoms with Gasteiger partial charge in [0.2, 0.25) is 5.91 Å². The summed E-state index contributed by atoms with van der Waals surface area (Å²) in [4.78, 5) is 13.9. The van der Waals surface area contributed by atoms with Crippen molar-refractivity contribution in [3.8, 4) is 0 Å². The number of para-hydroxylation sites is 1. The molecule has 18 heavy (non-hydrogen) atoms. The minimum absolute atomic E-state index is 0. The standard InChI is InChI=1S/C14H20N2O.ClH/c1-16(12-6-4-7-12)14(17)10-9-11-5-2-3-8-13(11)15;/h2-3,5,8,12H,4,6-7,9-10,15H2,1H3;1H. The molecule has 0 heterocycles. The van der Waals surface area contributed by atoms with E-state index in [1.165, 1.54) is 6.42 Å². The van der Waals surface area contributed by atoms with Crippen LogP contribution >= 0.6 is 12.4 Å². The molecule has 2 rings (SSSR count). The van der Waals surface area contributed by atoms with E-state index in [0.29, 0.717) is 12.5 Å². The van der Waals surface area contributed by atoms with Gasteiger partial charge in [0.15, 0.2) is 0 Å². The lowest BCUT2D eigenvalue weighted by atomic mass is 9.91. The normalized spacial score (nSPS) is 14.5. The molecule has 0 bridgehead atoms. The number of carbonyl (C=O) groups excluding carboxylic acids is 1. The van der Waals surface area contributed by atoms with Crippen molar-refractivity contribution in [2.45, 2.75) is 38.1 Å². The van der Waals surface area contributed by atoms with Crippen LogP contribution < -0.4 is 5.73 Å². The predicted molar refractivity (Wildman–Crippen MR) is 76.8 cm³/mol. The predicted octanol–water partition coefficient (Wildman–Crippen LogP) is 2.63. The van der Waals surface area contributed by atoms with Gasteiger partial charge in [0.05, 0.1) is 0 Å². The molecule has 2 N–H and O–H groups in total. The van der Waals surface area contributed by atoms with Crippen LogP contribution in [0.25, 0.3) is 0 Å². The van der Waals surface area contributed by atoms with Crippen LogP contribution in [-0.4, -0.2) is 23.9 Å². The summed E-state index contributed by atoms with van der Waals surface area (Å²) in [5, 5.41) is 0. The third kappa shape index (κ3) is 3.39. The van der Waals surface area contributed by atoms with Crippen LogP contribution in [0.3, 0.4) is 0 Å². The number of halogens is 1. The highest BCUT2D eigenvalue weighted by molar-refractivity contribution is 5.85. The molecular weight excluding hydrogens is 248 g/mol. The summed E-state index contributed by atoms with van der Waals surface area (Å²) in [6, 6.07) is 8.24. The number of hydrogen-bond acceptors (Lipinski definition) is 2. The number of anilines is 1. The van der Waals surface area contributed by atoms with Gasteiger partial charge in [-0.15, -0.1) is 12.4 Å². The summed E-state index contributed by atoms with van der Waals surface area (Å²) in [5.74, 6) is 0.234. The monoisotopic (exact) mass is 268 g/mol. The zero-order valence-electron chi connectivity index (χ0n) is 10.8. The molecule has 1 aliphatic carbocycles. The minimum atomic E-state index is 0. The van der Waals surface area contributed by atoms with Gasteiger partial charge in [0.25, 0.3) is 0 Å². The van der Waals surface area contributed by atoms with Crippen molar-refractivity contribution in [2.24, 2.45) is 0 Å². The summed E-state index contributed by atoms with van der Waals surface area (Å²) < 4.78 is 0. The van der Waals surface area contributed by atoms with Gasteiger partial charge >= 0.3 is 0 Å². The van der Waals surface area contributed by atoms with Crippen molar-refractivity contribution in [3.63, 3.8) is 0 Å². The Bertz CT molecular complexity index is 405. The molecule has 3 nitrogen and oxygen atoms in total. The van der Waals surface area contributed by atoms with Gasteiger partial charge in [-0.05, 0) is 37.3 Å². The fraction of sp³-hybridized carbons (Fsp3) is 0.500. The smallest absolute Gasteiger partial charge is 0.222 e. The third-order valence-corrected chi connectivity index (χ3v) is 3.68. The van der Waals surface area contributed by atoms with Crippen LogP contribution in [0.2, 0.25) is 0 Å². The Morgan fingerprint density at radius 1 is 1.39 bits per heavy atom. The number of amides is 1. The van der Waals surface area contributed by atoms with Crippen LogP contribution in [0.5, 0.6) is 0 Å². The van der Waals surface area contributed by atoms with Gasteiger partial charge in [-0.3, -0.25) is 4.79 Å². The lowest BCUT2D eigenvalue weighted by Crippen LogP contribution is -2.41. The van der Waals surface area contributed by atoms with E-state index < -0.39 is 0 Å². The SMILES string of the molecule is CN(C(=O)CCc1ccccc1N)C1CCC1.Cl. The molecule has 0 saturated heterocycles. The van der Waals surface area contributed by atoms with Crippen LogP contribution in [0.4, 0.5) is 5.69 Å². The summed E-state index contributed by atoms with van der Waals surface area (Å²) in [5.41, 5.74) is 7.71. The van der Waals surface area contributed by atoms with Crippen molar-refractivity contribution >= 4 is 24.0 Å². The topological polar surface area (TPSA) is 46.3 Å². The Kier molecular flexibility index (Phi) is 5.48. The highest BCUT2D eigenvalue weighted by Gasteiger charge is 2.25. The number of rotatable bonds is 4. The van der Waals surface area contributed by atoms with Crippen LogP contribution in [0, 0.1) is 0 Å². The molecule has 0 unspecified atom stereocenters. The maximum atomic E-state index is 11.9. The molecule has 0 radical (unpaired) electrons. The second kappa shape index (κ2) is 6.64. The quantitative estimate of drug-likeness (QED) is 0.854. The zero-order valence-corrected chi connectivity index (χ0v) is 11.6. The van der Waals surface area contributed by atoms with Gasteiger partial charge in [0.1, 0.15) is 0 Å². The van der Waals surface area contributed by atoms with Crippen LogP contribution in [0.15, 0.2) is 24.3 Å². The number of nitrogens with zero attached hydrogens (tertiary/aromatic N) is 1. The average molecular weight is 269 g/mol. The molecule has 1 aromatic carbocycles. The molecule has 1 saturated carbocycles. The van der Waals surface area contributed by atoms with Gasteiger partial charge in [0, 0.05) is 25.2 Å². The highest BCUT2D eigenvalue weighted by Crippen LogP contribution is 2.24. The van der Waals surface area contributed by atoms with Gasteiger partial charge < -0.3 is 10.6 Å². The Hall–Kier alpha value is -1.22. The first-order chi connectivity index (χ1) is 8.18. The Labute approximate surface area is 115 Å². The first-order valence-electron chi connectivity index (χ1n) is 6.27.